The Hall–Kier alpha value is -0.450. The smallest absolute Gasteiger partial charge is 0.165 e. The predicted octanol–water partition coefficient (Wildman–Crippen LogP) is 4.05. The molecule has 1 aliphatic heterocycles. The standard InChI is InChI=1S/C14H18BrClO3/c1-17-13-7-12(16)6-11(8-15)14(13)19-9-10-2-4-18-5-3-10/h6-7,10H,2-5,8-9H2,1H3. The minimum absolute atomic E-state index is 0.553. The second-order valence-electron chi connectivity index (χ2n) is 4.60. The van der Waals surface area contributed by atoms with Gasteiger partial charge in [0.05, 0.1) is 13.7 Å². The lowest BCUT2D eigenvalue weighted by molar-refractivity contribution is 0.0492. The Balaban J connectivity index is 2.09. The van der Waals surface area contributed by atoms with Gasteiger partial charge in [-0.1, -0.05) is 27.5 Å². The molecule has 0 unspecified atom stereocenters. The molecule has 5 heteroatoms. The van der Waals surface area contributed by atoms with Gasteiger partial charge < -0.3 is 14.2 Å². The first kappa shape index (κ1) is 14.9. The van der Waals surface area contributed by atoms with E-state index >= 15 is 0 Å². The fourth-order valence-corrected chi connectivity index (χ4v) is 2.80. The predicted molar refractivity (Wildman–Crippen MR) is 79.7 cm³/mol. The van der Waals surface area contributed by atoms with E-state index in [1.54, 1.807) is 13.2 Å². The van der Waals surface area contributed by atoms with E-state index in [1.165, 1.54) is 0 Å². The zero-order valence-corrected chi connectivity index (χ0v) is 13.3. The average Bonchev–Trinajstić information content (AvgIpc) is 2.46. The van der Waals surface area contributed by atoms with E-state index < -0.39 is 0 Å². The highest BCUT2D eigenvalue weighted by Crippen LogP contribution is 2.36. The zero-order valence-electron chi connectivity index (χ0n) is 11.0. The van der Waals surface area contributed by atoms with Crippen LogP contribution < -0.4 is 9.47 Å². The maximum Gasteiger partial charge on any atom is 0.165 e. The molecule has 106 valence electrons. The summed E-state index contributed by atoms with van der Waals surface area (Å²) in [6.45, 7) is 2.36. The third-order valence-corrected chi connectivity index (χ3v) is 4.09. The van der Waals surface area contributed by atoms with Gasteiger partial charge in [-0.2, -0.15) is 0 Å². The van der Waals surface area contributed by atoms with Gasteiger partial charge in [0, 0.05) is 35.2 Å². The molecule has 0 amide bonds. The van der Waals surface area contributed by atoms with Crippen LogP contribution in [0.3, 0.4) is 0 Å². The molecular formula is C14H18BrClO3. The van der Waals surface area contributed by atoms with Gasteiger partial charge in [0.2, 0.25) is 0 Å². The fraction of sp³-hybridized carbons (Fsp3) is 0.571. The molecule has 0 aromatic heterocycles. The van der Waals surface area contributed by atoms with E-state index in [0.717, 1.165) is 37.4 Å². The summed E-state index contributed by atoms with van der Waals surface area (Å²) in [5.41, 5.74) is 1.01. The van der Waals surface area contributed by atoms with Gasteiger partial charge in [-0.3, -0.25) is 0 Å². The third kappa shape index (κ3) is 4.01. The Labute approximate surface area is 127 Å². The van der Waals surface area contributed by atoms with Crippen LogP contribution in [0.5, 0.6) is 11.5 Å². The molecule has 19 heavy (non-hydrogen) atoms. The van der Waals surface area contributed by atoms with Gasteiger partial charge in [-0.25, -0.2) is 0 Å². The van der Waals surface area contributed by atoms with Gasteiger partial charge in [0.1, 0.15) is 0 Å². The summed E-state index contributed by atoms with van der Waals surface area (Å²) in [5.74, 6) is 2.03. The van der Waals surface area contributed by atoms with E-state index in [-0.39, 0.29) is 0 Å². The molecule has 1 saturated heterocycles. The molecule has 2 rings (SSSR count). The summed E-state index contributed by atoms with van der Waals surface area (Å²) in [6, 6.07) is 3.69. The summed E-state index contributed by atoms with van der Waals surface area (Å²) < 4.78 is 16.7. The van der Waals surface area contributed by atoms with Crippen molar-refractivity contribution in [3.8, 4) is 11.5 Å². The van der Waals surface area contributed by atoms with E-state index in [1.807, 2.05) is 6.07 Å². The minimum atomic E-state index is 0.553. The molecule has 0 saturated carbocycles. The van der Waals surface area contributed by atoms with Crippen LogP contribution in [0.15, 0.2) is 12.1 Å². The van der Waals surface area contributed by atoms with Crippen LogP contribution in [0.2, 0.25) is 5.02 Å². The summed E-state index contributed by atoms with van der Waals surface area (Å²) in [6.07, 6.45) is 2.11. The number of rotatable bonds is 5. The molecule has 0 N–H and O–H groups in total. The normalized spacial score (nSPS) is 16.4. The molecule has 3 nitrogen and oxygen atoms in total. The SMILES string of the molecule is COc1cc(Cl)cc(CBr)c1OCC1CCOCC1. The van der Waals surface area contributed by atoms with Crippen molar-refractivity contribution in [1.29, 1.82) is 0 Å². The molecule has 1 fully saturated rings. The lowest BCUT2D eigenvalue weighted by Gasteiger charge is -2.23. The van der Waals surface area contributed by atoms with Crippen LogP contribution in [0.4, 0.5) is 0 Å². The molecule has 0 radical (unpaired) electrons. The van der Waals surface area contributed by atoms with Crippen molar-refractivity contribution < 1.29 is 14.2 Å². The average molecular weight is 350 g/mol. The van der Waals surface area contributed by atoms with E-state index in [0.29, 0.717) is 28.6 Å². The molecule has 1 aliphatic rings. The van der Waals surface area contributed by atoms with Crippen LogP contribution in [0, 0.1) is 5.92 Å². The van der Waals surface area contributed by atoms with Gasteiger partial charge >= 0.3 is 0 Å². The maximum atomic E-state index is 6.06. The number of halogens is 2. The molecule has 1 heterocycles. The molecule has 0 spiro atoms. The molecule has 1 aromatic carbocycles. The monoisotopic (exact) mass is 348 g/mol. The van der Waals surface area contributed by atoms with Crippen molar-refractivity contribution in [2.75, 3.05) is 26.9 Å². The van der Waals surface area contributed by atoms with Crippen LogP contribution in [0.1, 0.15) is 18.4 Å². The second kappa shape index (κ2) is 7.36. The number of alkyl halides is 1. The Bertz CT molecular complexity index is 394. The van der Waals surface area contributed by atoms with Crippen molar-refractivity contribution in [2.24, 2.45) is 5.92 Å². The van der Waals surface area contributed by atoms with Crippen molar-refractivity contribution in [3.63, 3.8) is 0 Å². The molecule has 0 aliphatic carbocycles. The van der Waals surface area contributed by atoms with Crippen LogP contribution in [-0.4, -0.2) is 26.9 Å². The first-order valence-electron chi connectivity index (χ1n) is 6.37. The third-order valence-electron chi connectivity index (χ3n) is 3.26. The lowest BCUT2D eigenvalue weighted by atomic mass is 10.0. The topological polar surface area (TPSA) is 27.7 Å². The van der Waals surface area contributed by atoms with Crippen molar-refractivity contribution in [2.45, 2.75) is 18.2 Å². The highest BCUT2D eigenvalue weighted by molar-refractivity contribution is 9.08. The first-order valence-corrected chi connectivity index (χ1v) is 7.87. The number of ether oxygens (including phenoxy) is 3. The number of benzene rings is 1. The highest BCUT2D eigenvalue weighted by atomic mass is 79.9. The quantitative estimate of drug-likeness (QED) is 0.751. The van der Waals surface area contributed by atoms with E-state index in [9.17, 15) is 0 Å². The van der Waals surface area contributed by atoms with E-state index in [2.05, 4.69) is 15.9 Å². The Morgan fingerprint density at radius 3 is 2.74 bits per heavy atom. The largest absolute Gasteiger partial charge is 0.493 e. The Morgan fingerprint density at radius 1 is 1.37 bits per heavy atom. The van der Waals surface area contributed by atoms with Gasteiger partial charge in [0.25, 0.3) is 0 Å². The summed E-state index contributed by atoms with van der Waals surface area (Å²) >= 11 is 9.51. The number of methoxy groups -OCH3 is 1. The summed E-state index contributed by atoms with van der Waals surface area (Å²) in [7, 11) is 1.63. The zero-order chi connectivity index (χ0) is 13.7. The molecular weight excluding hydrogens is 332 g/mol. The van der Waals surface area contributed by atoms with Crippen molar-refractivity contribution >= 4 is 27.5 Å². The first-order chi connectivity index (χ1) is 9.24. The summed E-state index contributed by atoms with van der Waals surface area (Å²) in [4.78, 5) is 0. The number of hydrogen-bond donors (Lipinski definition) is 0. The second-order valence-corrected chi connectivity index (χ2v) is 5.59. The molecule has 0 bridgehead atoms. The molecule has 0 atom stereocenters. The summed E-state index contributed by atoms with van der Waals surface area (Å²) in [5, 5.41) is 1.34. The Kier molecular flexibility index (Phi) is 5.79. The van der Waals surface area contributed by atoms with Crippen LogP contribution in [-0.2, 0) is 10.1 Å². The highest BCUT2D eigenvalue weighted by Gasteiger charge is 2.17. The lowest BCUT2D eigenvalue weighted by Crippen LogP contribution is -2.21. The number of hydrogen-bond acceptors (Lipinski definition) is 3. The fourth-order valence-electron chi connectivity index (χ4n) is 2.15. The Morgan fingerprint density at radius 2 is 2.11 bits per heavy atom. The molecule has 1 aromatic rings. The van der Waals surface area contributed by atoms with E-state index in [4.69, 9.17) is 25.8 Å². The van der Waals surface area contributed by atoms with Crippen molar-refractivity contribution in [3.05, 3.63) is 22.7 Å². The van der Waals surface area contributed by atoms with Gasteiger partial charge in [-0.15, -0.1) is 0 Å². The maximum absolute atomic E-state index is 6.06. The van der Waals surface area contributed by atoms with Gasteiger partial charge in [-0.05, 0) is 24.8 Å². The van der Waals surface area contributed by atoms with Crippen LogP contribution in [0.25, 0.3) is 0 Å². The minimum Gasteiger partial charge on any atom is -0.493 e. The van der Waals surface area contributed by atoms with Crippen LogP contribution >= 0.6 is 27.5 Å². The van der Waals surface area contributed by atoms with Gasteiger partial charge in [0.15, 0.2) is 11.5 Å². The van der Waals surface area contributed by atoms with Crippen molar-refractivity contribution in [1.82, 2.24) is 0 Å².